The van der Waals surface area contributed by atoms with E-state index in [2.05, 4.69) is 55.9 Å². The van der Waals surface area contributed by atoms with Gasteiger partial charge in [0.05, 0.1) is 0 Å². The zero-order chi connectivity index (χ0) is 26.1. The second kappa shape index (κ2) is 10.2. The van der Waals surface area contributed by atoms with Crippen LogP contribution in [0.15, 0.2) is 58.1 Å². The highest BCUT2D eigenvalue weighted by Crippen LogP contribution is 2.35. The minimum atomic E-state index is -0.407. The average Bonchev–Trinajstić information content (AvgIpc) is 3.61. The predicted octanol–water partition coefficient (Wildman–Crippen LogP) is 4.24. The molecule has 0 saturated heterocycles. The van der Waals surface area contributed by atoms with Gasteiger partial charge in [0.25, 0.3) is 5.56 Å². The molecule has 38 heavy (non-hydrogen) atoms. The highest BCUT2D eigenvalue weighted by Gasteiger charge is 2.26. The number of imidazole rings is 1. The van der Waals surface area contributed by atoms with Crippen LogP contribution >= 0.6 is 0 Å². The van der Waals surface area contributed by atoms with Gasteiger partial charge in [0, 0.05) is 24.6 Å². The molecule has 6 rings (SSSR count). The van der Waals surface area contributed by atoms with Gasteiger partial charge in [-0.3, -0.25) is 14.3 Å². The first kappa shape index (κ1) is 24.0. The summed E-state index contributed by atoms with van der Waals surface area (Å²) in [5, 5.41) is 14.8. The van der Waals surface area contributed by atoms with Crippen molar-refractivity contribution in [1.82, 2.24) is 39.7 Å². The Hall–Kier alpha value is -4.34. The van der Waals surface area contributed by atoms with Crippen molar-refractivity contribution in [2.24, 2.45) is 0 Å². The molecule has 1 saturated carbocycles. The SMILES string of the molecule is CCCn1c(=O)[nH]c(=O)c2c1nc(C1CCCCC1)n2Cc1ccc(-c2ccccc2)c(-c2nn[nH]n2)c1. The van der Waals surface area contributed by atoms with Gasteiger partial charge in [-0.1, -0.05) is 68.7 Å². The van der Waals surface area contributed by atoms with Crippen molar-refractivity contribution in [3.63, 3.8) is 0 Å². The van der Waals surface area contributed by atoms with Crippen molar-refractivity contribution >= 4 is 11.2 Å². The van der Waals surface area contributed by atoms with Crippen molar-refractivity contribution in [3.8, 4) is 22.5 Å². The molecule has 1 fully saturated rings. The fourth-order valence-corrected chi connectivity index (χ4v) is 5.66. The number of benzene rings is 2. The molecular weight excluding hydrogens is 480 g/mol. The van der Waals surface area contributed by atoms with Crippen LogP contribution in [0, 0.1) is 0 Å². The molecule has 0 radical (unpaired) electrons. The van der Waals surface area contributed by atoms with E-state index in [1.165, 1.54) is 6.42 Å². The molecule has 3 aromatic heterocycles. The summed E-state index contributed by atoms with van der Waals surface area (Å²) in [6, 6.07) is 16.3. The molecule has 2 N–H and O–H groups in total. The van der Waals surface area contributed by atoms with Crippen molar-refractivity contribution in [2.45, 2.75) is 64.5 Å². The second-order valence-corrected chi connectivity index (χ2v) is 9.96. The molecule has 5 aromatic rings. The molecule has 1 aliphatic rings. The molecule has 1 aliphatic carbocycles. The number of fused-ring (bicyclic) bond motifs is 1. The Labute approximate surface area is 218 Å². The maximum Gasteiger partial charge on any atom is 0.330 e. The van der Waals surface area contributed by atoms with Gasteiger partial charge in [0.1, 0.15) is 5.82 Å². The van der Waals surface area contributed by atoms with E-state index < -0.39 is 11.2 Å². The van der Waals surface area contributed by atoms with E-state index in [-0.39, 0.29) is 5.92 Å². The van der Waals surface area contributed by atoms with Gasteiger partial charge in [-0.05, 0) is 47.2 Å². The van der Waals surface area contributed by atoms with Crippen LogP contribution in [0.25, 0.3) is 33.7 Å². The highest BCUT2D eigenvalue weighted by molar-refractivity contribution is 5.81. The Morgan fingerprint density at radius 2 is 1.79 bits per heavy atom. The van der Waals surface area contributed by atoms with Crippen LogP contribution in [0.1, 0.15) is 62.8 Å². The number of hydrogen-bond donors (Lipinski definition) is 2. The third-order valence-corrected chi connectivity index (χ3v) is 7.43. The lowest BCUT2D eigenvalue weighted by Crippen LogP contribution is -2.31. The molecule has 0 atom stereocenters. The normalized spacial score (nSPS) is 14.3. The van der Waals surface area contributed by atoms with E-state index in [1.807, 2.05) is 29.7 Å². The number of nitrogens with one attached hydrogen (secondary N) is 2. The molecule has 10 heteroatoms. The van der Waals surface area contributed by atoms with E-state index in [0.717, 1.165) is 60.2 Å². The van der Waals surface area contributed by atoms with Gasteiger partial charge in [0.2, 0.25) is 5.82 Å². The summed E-state index contributed by atoms with van der Waals surface area (Å²) in [4.78, 5) is 33.4. The van der Waals surface area contributed by atoms with Crippen LogP contribution in [-0.4, -0.2) is 39.7 Å². The van der Waals surface area contributed by atoms with E-state index in [9.17, 15) is 9.59 Å². The Balaban J connectivity index is 1.52. The van der Waals surface area contributed by atoms with Gasteiger partial charge < -0.3 is 4.57 Å². The van der Waals surface area contributed by atoms with Crippen molar-refractivity contribution in [2.75, 3.05) is 0 Å². The third kappa shape index (κ3) is 4.36. The van der Waals surface area contributed by atoms with E-state index in [1.54, 1.807) is 4.57 Å². The largest absolute Gasteiger partial charge is 0.330 e. The summed E-state index contributed by atoms with van der Waals surface area (Å²) >= 11 is 0. The summed E-state index contributed by atoms with van der Waals surface area (Å²) in [6.45, 7) is 2.95. The standard InChI is InChI=1S/C28H30N8O2/c1-2-15-35-26-23(27(37)30-28(35)38)36(25(29-26)20-11-7-4-8-12-20)17-18-13-14-21(19-9-5-3-6-10-19)22(16-18)24-31-33-34-32-24/h3,5-6,9-10,13-14,16,20H,2,4,7-8,11-12,15,17H2,1H3,(H,30,37,38)(H,31,32,33,34). The van der Waals surface area contributed by atoms with Crippen LogP contribution in [0.3, 0.4) is 0 Å². The van der Waals surface area contributed by atoms with E-state index >= 15 is 0 Å². The van der Waals surface area contributed by atoms with Crippen molar-refractivity contribution in [1.29, 1.82) is 0 Å². The van der Waals surface area contributed by atoms with Crippen LogP contribution in [0.4, 0.5) is 0 Å². The molecule has 2 aromatic carbocycles. The van der Waals surface area contributed by atoms with Crippen LogP contribution in [0.5, 0.6) is 0 Å². The lowest BCUT2D eigenvalue weighted by molar-refractivity contribution is 0.420. The first-order chi connectivity index (χ1) is 18.6. The number of aromatic amines is 2. The summed E-state index contributed by atoms with van der Waals surface area (Å²) in [6.07, 6.45) is 6.31. The number of hydrogen-bond acceptors (Lipinski definition) is 6. The summed E-state index contributed by atoms with van der Waals surface area (Å²) in [5.74, 6) is 1.64. The molecule has 10 nitrogen and oxygen atoms in total. The Kier molecular flexibility index (Phi) is 6.45. The predicted molar refractivity (Wildman–Crippen MR) is 145 cm³/mol. The maximum atomic E-state index is 13.2. The molecule has 0 unspecified atom stereocenters. The van der Waals surface area contributed by atoms with Gasteiger partial charge in [-0.25, -0.2) is 9.78 Å². The minimum Gasteiger partial charge on any atom is -0.317 e. The molecule has 0 spiro atoms. The topological polar surface area (TPSA) is 127 Å². The summed E-state index contributed by atoms with van der Waals surface area (Å²) in [7, 11) is 0. The van der Waals surface area contributed by atoms with E-state index in [4.69, 9.17) is 4.98 Å². The number of aryl methyl sites for hydroxylation is 1. The molecule has 3 heterocycles. The highest BCUT2D eigenvalue weighted by atomic mass is 16.2. The monoisotopic (exact) mass is 510 g/mol. The fraction of sp³-hybridized carbons (Fsp3) is 0.357. The summed E-state index contributed by atoms with van der Waals surface area (Å²) in [5.41, 5.74) is 3.99. The zero-order valence-corrected chi connectivity index (χ0v) is 21.4. The molecular formula is C28H30N8O2. The average molecular weight is 511 g/mol. The number of rotatable bonds is 7. The minimum absolute atomic E-state index is 0.251. The van der Waals surface area contributed by atoms with Crippen LogP contribution < -0.4 is 11.2 Å². The lowest BCUT2D eigenvalue weighted by Gasteiger charge is -2.22. The Morgan fingerprint density at radius 1 is 0.974 bits per heavy atom. The van der Waals surface area contributed by atoms with Crippen LogP contribution in [-0.2, 0) is 13.1 Å². The Morgan fingerprint density at radius 3 is 2.53 bits per heavy atom. The maximum absolute atomic E-state index is 13.2. The number of tetrazole rings is 1. The quantitative estimate of drug-likeness (QED) is 0.337. The molecule has 194 valence electrons. The molecule has 0 bridgehead atoms. The second-order valence-electron chi connectivity index (χ2n) is 9.96. The first-order valence-corrected chi connectivity index (χ1v) is 13.3. The van der Waals surface area contributed by atoms with Crippen molar-refractivity contribution in [3.05, 3.63) is 80.8 Å². The van der Waals surface area contributed by atoms with Gasteiger partial charge in [-0.15, -0.1) is 10.2 Å². The zero-order valence-electron chi connectivity index (χ0n) is 21.4. The molecule has 0 amide bonds. The summed E-state index contributed by atoms with van der Waals surface area (Å²) < 4.78 is 3.62. The molecule has 0 aliphatic heterocycles. The lowest BCUT2D eigenvalue weighted by atomic mass is 9.88. The van der Waals surface area contributed by atoms with Gasteiger partial charge in [-0.2, -0.15) is 5.21 Å². The third-order valence-electron chi connectivity index (χ3n) is 7.43. The smallest absolute Gasteiger partial charge is 0.317 e. The number of nitrogens with zero attached hydrogens (tertiary/aromatic N) is 6. The van der Waals surface area contributed by atoms with Crippen LogP contribution in [0.2, 0.25) is 0 Å². The van der Waals surface area contributed by atoms with E-state index in [0.29, 0.717) is 30.1 Å². The Bertz CT molecular complexity index is 1680. The van der Waals surface area contributed by atoms with Gasteiger partial charge >= 0.3 is 5.69 Å². The number of H-pyrrole nitrogens is 2. The fourth-order valence-electron chi connectivity index (χ4n) is 5.66. The van der Waals surface area contributed by atoms with Gasteiger partial charge in [0.15, 0.2) is 11.2 Å². The first-order valence-electron chi connectivity index (χ1n) is 13.3. The van der Waals surface area contributed by atoms with Crippen molar-refractivity contribution < 1.29 is 0 Å². The number of aromatic nitrogens is 8.